The van der Waals surface area contributed by atoms with E-state index >= 15 is 0 Å². The van der Waals surface area contributed by atoms with Gasteiger partial charge in [-0.3, -0.25) is 4.79 Å². The first-order valence-corrected chi connectivity index (χ1v) is 6.64. The van der Waals surface area contributed by atoms with Gasteiger partial charge in [0.1, 0.15) is 0 Å². The number of carbonyl (C=O) groups is 1. The second kappa shape index (κ2) is 5.11. The summed E-state index contributed by atoms with van der Waals surface area (Å²) in [5.41, 5.74) is 7.86. The van der Waals surface area contributed by atoms with Crippen molar-refractivity contribution >= 4 is 11.6 Å². The molecule has 3 heteroatoms. The zero-order valence-electron chi connectivity index (χ0n) is 11.3. The number of aryl methyl sites for hydroxylation is 1. The lowest BCUT2D eigenvalue weighted by Gasteiger charge is -2.26. The summed E-state index contributed by atoms with van der Waals surface area (Å²) < 4.78 is 0. The average molecular weight is 246 g/mol. The van der Waals surface area contributed by atoms with Gasteiger partial charge in [-0.25, -0.2) is 0 Å². The molecular weight excluding hydrogens is 224 g/mol. The summed E-state index contributed by atoms with van der Waals surface area (Å²) in [6.45, 7) is 4.61. The molecule has 0 atom stereocenters. The highest BCUT2D eigenvalue weighted by Gasteiger charge is 2.25. The van der Waals surface area contributed by atoms with Crippen LogP contribution in [-0.4, -0.2) is 18.0 Å². The van der Waals surface area contributed by atoms with Crippen LogP contribution in [0.4, 0.5) is 5.69 Å². The normalized spacial score (nSPS) is 16.1. The molecule has 0 aliphatic carbocycles. The molecule has 1 aliphatic rings. The van der Waals surface area contributed by atoms with Gasteiger partial charge in [-0.1, -0.05) is 18.2 Å². The number of hydrogen-bond donors (Lipinski definition) is 1. The molecule has 1 aromatic carbocycles. The van der Waals surface area contributed by atoms with Gasteiger partial charge in [-0.2, -0.15) is 0 Å². The second-order valence-corrected chi connectivity index (χ2v) is 5.80. The van der Waals surface area contributed by atoms with Gasteiger partial charge in [-0.15, -0.1) is 0 Å². The van der Waals surface area contributed by atoms with E-state index in [4.69, 9.17) is 5.73 Å². The van der Waals surface area contributed by atoms with Crippen LogP contribution in [0.25, 0.3) is 0 Å². The number of nitrogens with zero attached hydrogens (tertiary/aromatic N) is 1. The molecule has 1 heterocycles. The molecule has 0 saturated carbocycles. The van der Waals surface area contributed by atoms with Crippen LogP contribution in [0.15, 0.2) is 24.3 Å². The van der Waals surface area contributed by atoms with Gasteiger partial charge in [0.05, 0.1) is 0 Å². The van der Waals surface area contributed by atoms with E-state index in [0.29, 0.717) is 6.42 Å². The van der Waals surface area contributed by atoms with Gasteiger partial charge in [0.25, 0.3) is 0 Å². The van der Waals surface area contributed by atoms with Crippen LogP contribution in [0, 0.1) is 0 Å². The molecule has 0 aromatic heterocycles. The Morgan fingerprint density at radius 1 is 1.33 bits per heavy atom. The van der Waals surface area contributed by atoms with Crippen LogP contribution >= 0.6 is 0 Å². The fraction of sp³-hybridized carbons (Fsp3) is 0.533. The van der Waals surface area contributed by atoms with Crippen molar-refractivity contribution in [2.24, 2.45) is 5.73 Å². The Morgan fingerprint density at radius 2 is 2.06 bits per heavy atom. The molecule has 0 bridgehead atoms. The lowest BCUT2D eigenvalue weighted by Crippen LogP contribution is -2.41. The molecule has 1 amide bonds. The molecule has 0 spiro atoms. The molecule has 2 rings (SSSR count). The molecule has 3 nitrogen and oxygen atoms in total. The van der Waals surface area contributed by atoms with Crippen molar-refractivity contribution < 1.29 is 4.79 Å². The number of benzene rings is 1. The number of fused-ring (bicyclic) bond motifs is 1. The summed E-state index contributed by atoms with van der Waals surface area (Å²) in [6.07, 6.45) is 3.66. The highest BCUT2D eigenvalue weighted by molar-refractivity contribution is 5.94. The van der Waals surface area contributed by atoms with E-state index in [1.165, 1.54) is 5.56 Å². The largest absolute Gasteiger partial charge is 0.325 e. The van der Waals surface area contributed by atoms with Crippen molar-refractivity contribution in [2.45, 2.75) is 45.1 Å². The Bertz CT molecular complexity index is 434. The first-order chi connectivity index (χ1) is 8.47. The minimum atomic E-state index is -0.446. The minimum absolute atomic E-state index is 0.136. The first-order valence-electron chi connectivity index (χ1n) is 6.64. The predicted octanol–water partition coefficient (Wildman–Crippen LogP) is 2.48. The zero-order chi connectivity index (χ0) is 13.2. The molecular formula is C15H22N2O. The number of hydrogen-bond acceptors (Lipinski definition) is 2. The Morgan fingerprint density at radius 3 is 2.78 bits per heavy atom. The van der Waals surface area contributed by atoms with Crippen molar-refractivity contribution in [3.63, 3.8) is 0 Å². The van der Waals surface area contributed by atoms with Gasteiger partial charge in [0, 0.05) is 24.2 Å². The summed E-state index contributed by atoms with van der Waals surface area (Å²) >= 11 is 0. The number of amides is 1. The number of para-hydroxylation sites is 1. The fourth-order valence-corrected chi connectivity index (χ4v) is 2.44. The summed E-state index contributed by atoms with van der Waals surface area (Å²) in [5, 5.41) is 0. The zero-order valence-corrected chi connectivity index (χ0v) is 11.3. The average Bonchev–Trinajstić information content (AvgIpc) is 2.48. The molecule has 0 radical (unpaired) electrons. The lowest BCUT2D eigenvalue weighted by molar-refractivity contribution is -0.119. The highest BCUT2D eigenvalue weighted by atomic mass is 16.2. The van der Waals surface area contributed by atoms with Crippen molar-refractivity contribution in [3.05, 3.63) is 29.8 Å². The highest BCUT2D eigenvalue weighted by Crippen LogP contribution is 2.27. The van der Waals surface area contributed by atoms with Crippen LogP contribution < -0.4 is 10.6 Å². The van der Waals surface area contributed by atoms with Gasteiger partial charge in [0.15, 0.2) is 0 Å². The van der Waals surface area contributed by atoms with Crippen molar-refractivity contribution in [2.75, 3.05) is 11.4 Å². The molecule has 0 saturated heterocycles. The fourth-order valence-electron chi connectivity index (χ4n) is 2.44. The topological polar surface area (TPSA) is 46.3 Å². The molecule has 98 valence electrons. The van der Waals surface area contributed by atoms with Crippen LogP contribution in [-0.2, 0) is 11.2 Å². The maximum atomic E-state index is 12.4. The van der Waals surface area contributed by atoms with E-state index in [-0.39, 0.29) is 5.91 Å². The van der Waals surface area contributed by atoms with Crippen molar-refractivity contribution in [1.82, 2.24) is 0 Å². The van der Waals surface area contributed by atoms with E-state index in [2.05, 4.69) is 6.07 Å². The minimum Gasteiger partial charge on any atom is -0.325 e. The van der Waals surface area contributed by atoms with E-state index in [1.54, 1.807) is 0 Å². The Hall–Kier alpha value is -1.35. The van der Waals surface area contributed by atoms with E-state index < -0.39 is 5.54 Å². The smallest absolute Gasteiger partial charge is 0.228 e. The lowest BCUT2D eigenvalue weighted by atomic mass is 10.0. The van der Waals surface area contributed by atoms with Crippen LogP contribution in [0.1, 0.15) is 38.7 Å². The molecule has 2 N–H and O–H groups in total. The third-order valence-electron chi connectivity index (χ3n) is 3.27. The van der Waals surface area contributed by atoms with Crippen LogP contribution in [0.5, 0.6) is 0 Å². The number of anilines is 1. The Balaban J connectivity index is 2.25. The van der Waals surface area contributed by atoms with Crippen molar-refractivity contribution in [3.8, 4) is 0 Å². The summed E-state index contributed by atoms with van der Waals surface area (Å²) in [5.74, 6) is 0.136. The standard InChI is InChI=1S/C15H22N2O/c1-15(2,16)11-14(18)17-10-6-5-8-12-7-3-4-9-13(12)17/h3-4,7,9H,5-6,8,10-11,16H2,1-2H3. The first kappa shape index (κ1) is 13.1. The maximum Gasteiger partial charge on any atom is 0.228 e. The quantitative estimate of drug-likeness (QED) is 0.871. The number of rotatable bonds is 2. The third kappa shape index (κ3) is 3.10. The van der Waals surface area contributed by atoms with Gasteiger partial charge >= 0.3 is 0 Å². The molecule has 0 unspecified atom stereocenters. The molecule has 1 aliphatic heterocycles. The van der Waals surface area contributed by atoms with E-state index in [9.17, 15) is 4.79 Å². The van der Waals surface area contributed by atoms with Gasteiger partial charge < -0.3 is 10.6 Å². The van der Waals surface area contributed by atoms with Gasteiger partial charge in [-0.05, 0) is 44.7 Å². The second-order valence-electron chi connectivity index (χ2n) is 5.80. The van der Waals surface area contributed by atoms with Gasteiger partial charge in [0.2, 0.25) is 5.91 Å². The summed E-state index contributed by atoms with van der Waals surface area (Å²) in [6, 6.07) is 8.20. The van der Waals surface area contributed by atoms with E-state index in [1.807, 2.05) is 36.9 Å². The van der Waals surface area contributed by atoms with E-state index in [0.717, 1.165) is 31.5 Å². The molecule has 18 heavy (non-hydrogen) atoms. The SMILES string of the molecule is CC(C)(N)CC(=O)N1CCCCc2ccccc21. The van der Waals surface area contributed by atoms with Crippen LogP contribution in [0.2, 0.25) is 0 Å². The Kier molecular flexibility index (Phi) is 3.71. The summed E-state index contributed by atoms with van der Waals surface area (Å²) in [7, 11) is 0. The third-order valence-corrected chi connectivity index (χ3v) is 3.27. The maximum absolute atomic E-state index is 12.4. The predicted molar refractivity (Wildman–Crippen MR) is 74.6 cm³/mol. The number of nitrogens with two attached hydrogens (primary N) is 1. The monoisotopic (exact) mass is 246 g/mol. The summed E-state index contributed by atoms with van der Waals surface area (Å²) in [4.78, 5) is 14.3. The molecule has 1 aromatic rings. The molecule has 0 fully saturated rings. The van der Waals surface area contributed by atoms with Crippen LogP contribution in [0.3, 0.4) is 0 Å². The number of carbonyl (C=O) groups excluding carboxylic acids is 1. The van der Waals surface area contributed by atoms with Crippen molar-refractivity contribution in [1.29, 1.82) is 0 Å². The Labute approximate surface area is 109 Å².